The summed E-state index contributed by atoms with van der Waals surface area (Å²) in [6.45, 7) is 1.70. The van der Waals surface area contributed by atoms with Crippen molar-refractivity contribution in [1.82, 2.24) is 4.90 Å². The highest BCUT2D eigenvalue weighted by Gasteiger charge is 2.28. The molecule has 3 aliphatic heterocycles. The van der Waals surface area contributed by atoms with E-state index in [1.54, 1.807) is 12.1 Å². The van der Waals surface area contributed by atoms with Crippen LogP contribution in [0.25, 0.3) is 5.57 Å². The van der Waals surface area contributed by atoms with Gasteiger partial charge in [-0.1, -0.05) is 17.9 Å². The molecule has 4 bridgehead atoms. The summed E-state index contributed by atoms with van der Waals surface area (Å²) in [5, 5.41) is 0.526. The molecule has 0 aromatic heterocycles. The molecule has 1 aromatic rings. The number of hydrogen-bond acceptors (Lipinski definition) is 4. The summed E-state index contributed by atoms with van der Waals surface area (Å²) >= 11 is 0.726. The first-order chi connectivity index (χ1) is 14.6. The number of carbonyl (C=O) groups excluding carboxylic acids is 2. The van der Waals surface area contributed by atoms with E-state index in [0.717, 1.165) is 36.7 Å². The second-order valence-electron chi connectivity index (χ2n) is 7.41. The summed E-state index contributed by atoms with van der Waals surface area (Å²) < 4.78 is 25.6. The van der Waals surface area contributed by atoms with E-state index in [9.17, 15) is 14.0 Å². The normalized spacial score (nSPS) is 23.1. The molecule has 0 spiro atoms. The molecular formula is C22H24FN2O4S-. The van der Waals surface area contributed by atoms with Crippen LogP contribution in [-0.2, 0) is 26.1 Å². The number of halogens is 1. The Hall–Kier alpha value is -2.45. The van der Waals surface area contributed by atoms with Gasteiger partial charge >= 0.3 is 0 Å². The molecule has 2 amide bonds. The molecule has 0 aliphatic carbocycles. The van der Waals surface area contributed by atoms with Gasteiger partial charge in [-0.05, 0) is 19.3 Å². The quantitative estimate of drug-likeness (QED) is 0.360. The summed E-state index contributed by atoms with van der Waals surface area (Å²) in [6, 6.07) is 4.52. The van der Waals surface area contributed by atoms with Crippen molar-refractivity contribution in [2.75, 3.05) is 26.4 Å². The Kier molecular flexibility index (Phi) is 6.64. The van der Waals surface area contributed by atoms with Gasteiger partial charge in [-0.15, -0.1) is 11.8 Å². The molecule has 0 saturated carbocycles. The van der Waals surface area contributed by atoms with E-state index in [1.165, 1.54) is 18.3 Å². The predicted molar refractivity (Wildman–Crippen MR) is 114 cm³/mol. The number of benzene rings is 1. The molecule has 3 aliphatic rings. The molecule has 30 heavy (non-hydrogen) atoms. The van der Waals surface area contributed by atoms with E-state index in [0.29, 0.717) is 42.6 Å². The molecule has 0 N–H and O–H groups in total. The fourth-order valence-corrected chi connectivity index (χ4v) is 4.65. The van der Waals surface area contributed by atoms with Gasteiger partial charge < -0.3 is 14.4 Å². The van der Waals surface area contributed by atoms with E-state index in [-0.39, 0.29) is 24.5 Å². The minimum Gasteiger partial charge on any atom is -0.492 e. The van der Waals surface area contributed by atoms with Crippen molar-refractivity contribution in [3.05, 3.63) is 46.7 Å². The van der Waals surface area contributed by atoms with E-state index in [2.05, 4.69) is 4.99 Å². The topological polar surface area (TPSA) is 68.2 Å². The average molecular weight is 432 g/mol. The highest BCUT2D eigenvalue weighted by molar-refractivity contribution is 7.86. The zero-order valence-corrected chi connectivity index (χ0v) is 17.4. The van der Waals surface area contributed by atoms with Crippen molar-refractivity contribution >= 4 is 35.4 Å². The molecule has 1 fully saturated rings. The second kappa shape index (κ2) is 9.57. The maximum absolute atomic E-state index is 14.2. The van der Waals surface area contributed by atoms with Gasteiger partial charge in [0.1, 0.15) is 18.2 Å². The number of amides is 2. The van der Waals surface area contributed by atoms with Crippen LogP contribution >= 0.6 is 0 Å². The molecule has 1 saturated heterocycles. The van der Waals surface area contributed by atoms with Crippen LogP contribution in [0.1, 0.15) is 31.2 Å². The van der Waals surface area contributed by atoms with Crippen LogP contribution < -0.4 is 4.74 Å². The molecule has 0 radical (unpaired) electrons. The third-order valence-corrected chi connectivity index (χ3v) is 6.28. The minimum atomic E-state index is -0.409. The average Bonchev–Trinajstić information content (AvgIpc) is 3.40. The maximum Gasteiger partial charge on any atom is 0.228 e. The van der Waals surface area contributed by atoms with E-state index >= 15 is 0 Å². The van der Waals surface area contributed by atoms with Gasteiger partial charge in [0.2, 0.25) is 11.8 Å². The van der Waals surface area contributed by atoms with Crippen LogP contribution in [0.2, 0.25) is 0 Å². The van der Waals surface area contributed by atoms with Crippen LogP contribution in [0.5, 0.6) is 5.75 Å². The lowest BCUT2D eigenvalue weighted by Gasteiger charge is -2.25. The van der Waals surface area contributed by atoms with Crippen molar-refractivity contribution in [2.45, 2.75) is 31.7 Å². The highest BCUT2D eigenvalue weighted by Crippen LogP contribution is 2.33. The molecule has 1 atom stereocenters. The number of aliphatic imine (C=N–C) groups is 1. The molecule has 3 heterocycles. The zero-order chi connectivity index (χ0) is 20.9. The third kappa shape index (κ3) is 4.99. The van der Waals surface area contributed by atoms with Crippen LogP contribution in [0.15, 0.2) is 29.3 Å². The number of thiol groups is 1. The van der Waals surface area contributed by atoms with Crippen molar-refractivity contribution in [2.24, 2.45) is 4.99 Å². The van der Waals surface area contributed by atoms with Gasteiger partial charge in [0.05, 0.1) is 12.6 Å². The SMILES string of the molecule is O=C1N=CCOCCCC(=O)N2CCC[C@H]2COc2cc(F)cc(c2)C2=C[C-]1[SH+][CH-]2. The smallest absolute Gasteiger partial charge is 0.228 e. The zero-order valence-electron chi connectivity index (χ0n) is 16.6. The van der Waals surface area contributed by atoms with E-state index in [1.807, 2.05) is 10.7 Å². The third-order valence-electron chi connectivity index (χ3n) is 5.28. The van der Waals surface area contributed by atoms with E-state index < -0.39 is 5.82 Å². The number of hydrogen-bond donors (Lipinski definition) is 0. The Morgan fingerprint density at radius 3 is 3.07 bits per heavy atom. The monoisotopic (exact) mass is 431 g/mol. The fraction of sp³-hybridized carbons (Fsp3) is 0.409. The second-order valence-corrected chi connectivity index (χ2v) is 8.41. The van der Waals surface area contributed by atoms with Crippen LogP contribution in [0, 0.1) is 16.8 Å². The first-order valence-electron chi connectivity index (χ1n) is 10.1. The van der Waals surface area contributed by atoms with Gasteiger partial charge in [0.25, 0.3) is 0 Å². The van der Waals surface area contributed by atoms with E-state index in [4.69, 9.17) is 9.47 Å². The summed E-state index contributed by atoms with van der Waals surface area (Å²) in [5.74, 6) is 1.60. The van der Waals surface area contributed by atoms with Gasteiger partial charge in [0.15, 0.2) is 0 Å². The van der Waals surface area contributed by atoms with Gasteiger partial charge in [-0.2, -0.15) is 5.56 Å². The predicted octanol–water partition coefficient (Wildman–Crippen LogP) is 2.51. The summed E-state index contributed by atoms with van der Waals surface area (Å²) in [5.41, 5.74) is 1.40. The first-order valence-corrected chi connectivity index (χ1v) is 11.1. The number of rotatable bonds is 0. The molecule has 160 valence electrons. The highest BCUT2D eigenvalue weighted by atomic mass is 32.2. The Morgan fingerprint density at radius 2 is 2.17 bits per heavy atom. The molecule has 6 nitrogen and oxygen atoms in total. The Bertz CT molecular complexity index is 873. The molecule has 4 rings (SSSR count). The Morgan fingerprint density at radius 1 is 1.27 bits per heavy atom. The Balaban J connectivity index is 1.56. The summed E-state index contributed by atoms with van der Waals surface area (Å²) in [6.07, 6.45) is 5.99. The first kappa shape index (κ1) is 20.8. The maximum atomic E-state index is 14.2. The summed E-state index contributed by atoms with van der Waals surface area (Å²) in [7, 11) is 0. The number of nitrogens with zero attached hydrogens (tertiary/aromatic N) is 2. The van der Waals surface area contributed by atoms with Crippen LogP contribution in [0.4, 0.5) is 4.39 Å². The fourth-order valence-electron chi connectivity index (χ4n) is 3.77. The lowest BCUT2D eigenvalue weighted by molar-refractivity contribution is -0.132. The summed E-state index contributed by atoms with van der Waals surface area (Å²) in [4.78, 5) is 30.6. The standard InChI is InChI=1S/C22H24FN2O4S/c23-17-9-15-10-19(12-17)29-13-18-3-1-6-25(18)21(26)4-2-7-28-8-5-24-22(27)20-11-16(15)14-30-20/h5,9-12,14,18,30H,1-4,6-8,13H2/q-1/t18-/m0/s1. The number of carbonyl (C=O) groups is 2. The molecule has 8 heteroatoms. The number of ether oxygens (including phenoxy) is 2. The molecule has 0 unspecified atom stereocenters. The van der Waals surface area contributed by atoms with Gasteiger partial charge in [-0.25, -0.2) is 9.38 Å². The lowest BCUT2D eigenvalue weighted by atomic mass is 10.1. The van der Waals surface area contributed by atoms with Gasteiger partial charge in [0, 0.05) is 37.1 Å². The number of fused-ring (bicyclic) bond motifs is 5. The minimum absolute atomic E-state index is 0.00677. The largest absolute Gasteiger partial charge is 0.492 e. The van der Waals surface area contributed by atoms with Crippen molar-refractivity contribution in [3.8, 4) is 5.75 Å². The van der Waals surface area contributed by atoms with Crippen molar-refractivity contribution in [1.29, 1.82) is 0 Å². The Labute approximate surface area is 179 Å². The van der Waals surface area contributed by atoms with Gasteiger partial charge in [-0.3, -0.25) is 21.2 Å². The van der Waals surface area contributed by atoms with Crippen molar-refractivity contribution < 1.29 is 23.5 Å². The molecular weight excluding hydrogens is 407 g/mol. The van der Waals surface area contributed by atoms with Crippen molar-refractivity contribution in [3.63, 3.8) is 0 Å². The van der Waals surface area contributed by atoms with Crippen LogP contribution in [0.3, 0.4) is 0 Å². The van der Waals surface area contributed by atoms with Crippen LogP contribution in [-0.4, -0.2) is 55.3 Å². The lowest BCUT2D eigenvalue weighted by Crippen LogP contribution is -2.39. The molecule has 1 aromatic carbocycles.